The Hall–Kier alpha value is -2.82. The van der Waals surface area contributed by atoms with E-state index in [1.165, 1.54) is 9.80 Å². The molecule has 0 radical (unpaired) electrons. The van der Waals surface area contributed by atoms with Crippen molar-refractivity contribution in [2.45, 2.75) is 25.2 Å². The molecule has 3 N–H and O–H groups in total. The Labute approximate surface area is 178 Å². The largest absolute Gasteiger partial charge is 0.401 e. The van der Waals surface area contributed by atoms with Crippen LogP contribution in [0, 0.1) is 0 Å². The van der Waals surface area contributed by atoms with Crippen molar-refractivity contribution in [2.24, 2.45) is 4.99 Å². The average Bonchev–Trinajstić information content (AvgIpc) is 3.16. The van der Waals surface area contributed by atoms with Crippen LogP contribution in [-0.4, -0.2) is 86.1 Å². The number of likely N-dealkylation sites (tertiary alicyclic amines) is 1. The second-order valence-corrected chi connectivity index (χ2v) is 7.68. The summed E-state index contributed by atoms with van der Waals surface area (Å²) >= 11 is 0. The summed E-state index contributed by atoms with van der Waals surface area (Å²) in [6.07, 6.45) is -3.58. The van der Waals surface area contributed by atoms with Gasteiger partial charge in [0, 0.05) is 51.4 Å². The van der Waals surface area contributed by atoms with Gasteiger partial charge in [-0.3, -0.25) is 19.5 Å². The summed E-state index contributed by atoms with van der Waals surface area (Å²) in [5.41, 5.74) is 1.43. The summed E-state index contributed by atoms with van der Waals surface area (Å²) in [7, 11) is 1.61. The zero-order chi connectivity index (χ0) is 22.4. The quantitative estimate of drug-likeness (QED) is 0.460. The molecule has 31 heavy (non-hydrogen) atoms. The number of alkyl halides is 3. The lowest BCUT2D eigenvalue weighted by atomic mass is 10.1. The molecule has 2 saturated heterocycles. The number of hydrogen-bond acceptors (Lipinski definition) is 4. The van der Waals surface area contributed by atoms with Crippen molar-refractivity contribution in [1.82, 2.24) is 25.8 Å². The minimum absolute atomic E-state index is 0.0612. The monoisotopic (exact) mass is 440 g/mol. The number of carbonyl (C=O) groups is 2. The Bertz CT molecular complexity index is 812. The molecule has 2 heterocycles. The number of halogens is 3. The molecule has 170 valence electrons. The van der Waals surface area contributed by atoms with Crippen LogP contribution in [0.4, 0.5) is 13.2 Å². The highest BCUT2D eigenvalue weighted by molar-refractivity contribution is 5.97. The first-order valence-corrected chi connectivity index (χ1v) is 10.1. The van der Waals surface area contributed by atoms with Crippen molar-refractivity contribution >= 4 is 17.8 Å². The Morgan fingerprint density at radius 3 is 2.65 bits per heavy atom. The van der Waals surface area contributed by atoms with Crippen LogP contribution >= 0.6 is 0 Å². The maximum absolute atomic E-state index is 12.5. The lowest BCUT2D eigenvalue weighted by Crippen LogP contribution is -2.49. The van der Waals surface area contributed by atoms with E-state index in [1.54, 1.807) is 19.2 Å². The molecule has 1 unspecified atom stereocenters. The molecule has 11 heteroatoms. The van der Waals surface area contributed by atoms with E-state index in [0.29, 0.717) is 50.7 Å². The van der Waals surface area contributed by atoms with Gasteiger partial charge in [0.05, 0.1) is 13.1 Å². The smallest absolute Gasteiger partial charge is 0.353 e. The molecule has 1 aromatic rings. The van der Waals surface area contributed by atoms with Gasteiger partial charge >= 0.3 is 6.18 Å². The van der Waals surface area contributed by atoms with Crippen LogP contribution in [0.1, 0.15) is 22.3 Å². The SMILES string of the molecule is CN=C(NCc1ccc(C(=O)N2CCNC(=O)C2)cc1)NC1CCN(CC(F)(F)F)C1. The number of rotatable bonds is 5. The molecule has 2 aliphatic heterocycles. The first-order chi connectivity index (χ1) is 14.7. The predicted octanol–water partition coefficient (Wildman–Crippen LogP) is 0.560. The standard InChI is InChI=1S/C20H27F3N6O2/c1-24-19(27-16-6-8-28(11-16)13-20(21,22)23)26-10-14-2-4-15(5-3-14)18(31)29-9-7-25-17(30)12-29/h2-5,16H,6-13H2,1H3,(H,25,30)(H2,24,26,27). The molecule has 0 spiro atoms. The average molecular weight is 440 g/mol. The van der Waals surface area contributed by atoms with Gasteiger partial charge in [-0.25, -0.2) is 0 Å². The number of guanidine groups is 1. The molecule has 0 saturated carbocycles. The van der Waals surface area contributed by atoms with Gasteiger partial charge in [0.2, 0.25) is 5.91 Å². The Morgan fingerprint density at radius 1 is 1.26 bits per heavy atom. The van der Waals surface area contributed by atoms with Crippen molar-refractivity contribution in [3.8, 4) is 0 Å². The van der Waals surface area contributed by atoms with Crippen LogP contribution < -0.4 is 16.0 Å². The number of carbonyl (C=O) groups excluding carboxylic acids is 2. The number of piperazine rings is 1. The number of amides is 2. The molecule has 8 nitrogen and oxygen atoms in total. The van der Waals surface area contributed by atoms with Crippen LogP contribution in [0.3, 0.4) is 0 Å². The topological polar surface area (TPSA) is 89.1 Å². The van der Waals surface area contributed by atoms with Crippen molar-refractivity contribution in [3.63, 3.8) is 0 Å². The van der Waals surface area contributed by atoms with Crippen LogP contribution in [-0.2, 0) is 11.3 Å². The molecular weight excluding hydrogens is 413 g/mol. The lowest BCUT2D eigenvalue weighted by molar-refractivity contribution is -0.143. The molecule has 2 fully saturated rings. The fourth-order valence-electron chi connectivity index (χ4n) is 3.68. The lowest BCUT2D eigenvalue weighted by Gasteiger charge is -2.26. The zero-order valence-electron chi connectivity index (χ0n) is 17.3. The van der Waals surface area contributed by atoms with Crippen molar-refractivity contribution in [3.05, 3.63) is 35.4 Å². The van der Waals surface area contributed by atoms with Crippen LogP contribution in [0.5, 0.6) is 0 Å². The predicted molar refractivity (Wildman–Crippen MR) is 110 cm³/mol. The highest BCUT2D eigenvalue weighted by Gasteiger charge is 2.34. The van der Waals surface area contributed by atoms with Gasteiger partial charge in [-0.15, -0.1) is 0 Å². The Balaban J connectivity index is 1.46. The summed E-state index contributed by atoms with van der Waals surface area (Å²) in [6.45, 7) is 1.24. The van der Waals surface area contributed by atoms with Crippen molar-refractivity contribution in [1.29, 1.82) is 0 Å². The van der Waals surface area contributed by atoms with Crippen LogP contribution in [0.2, 0.25) is 0 Å². The van der Waals surface area contributed by atoms with Crippen LogP contribution in [0.15, 0.2) is 29.3 Å². The van der Waals surface area contributed by atoms with Gasteiger partial charge in [-0.05, 0) is 24.1 Å². The minimum Gasteiger partial charge on any atom is -0.353 e. The summed E-state index contributed by atoms with van der Waals surface area (Å²) in [5.74, 6) is 0.165. The molecule has 1 aromatic carbocycles. The van der Waals surface area contributed by atoms with Gasteiger partial charge in [0.1, 0.15) is 0 Å². The third-order valence-electron chi connectivity index (χ3n) is 5.23. The zero-order valence-corrected chi connectivity index (χ0v) is 17.3. The third-order valence-corrected chi connectivity index (χ3v) is 5.23. The second kappa shape index (κ2) is 9.99. The minimum atomic E-state index is -4.19. The molecular formula is C20H27F3N6O2. The summed E-state index contributed by atoms with van der Waals surface area (Å²) in [5, 5.41) is 8.99. The summed E-state index contributed by atoms with van der Waals surface area (Å²) in [4.78, 5) is 31.0. The van der Waals surface area contributed by atoms with Gasteiger partial charge < -0.3 is 20.9 Å². The fraction of sp³-hybridized carbons (Fsp3) is 0.550. The number of nitrogens with zero attached hydrogens (tertiary/aromatic N) is 3. The molecule has 0 aromatic heterocycles. The first-order valence-electron chi connectivity index (χ1n) is 10.1. The van der Waals surface area contributed by atoms with Gasteiger partial charge in [-0.1, -0.05) is 12.1 Å². The molecule has 0 bridgehead atoms. The third kappa shape index (κ3) is 6.84. The highest BCUT2D eigenvalue weighted by Crippen LogP contribution is 2.20. The van der Waals surface area contributed by atoms with E-state index in [0.717, 1.165) is 5.56 Å². The van der Waals surface area contributed by atoms with Gasteiger partial charge in [-0.2, -0.15) is 13.2 Å². The maximum atomic E-state index is 12.5. The second-order valence-electron chi connectivity index (χ2n) is 7.68. The summed E-state index contributed by atoms with van der Waals surface area (Å²) < 4.78 is 37.6. The first kappa shape index (κ1) is 22.9. The van der Waals surface area contributed by atoms with E-state index >= 15 is 0 Å². The molecule has 0 aliphatic carbocycles. The number of hydrogen-bond donors (Lipinski definition) is 3. The highest BCUT2D eigenvalue weighted by atomic mass is 19.4. The molecule has 2 aliphatic rings. The van der Waals surface area contributed by atoms with E-state index < -0.39 is 12.7 Å². The van der Waals surface area contributed by atoms with E-state index in [-0.39, 0.29) is 24.4 Å². The number of benzene rings is 1. The normalized spacial score (nSPS) is 20.5. The summed E-state index contributed by atoms with van der Waals surface area (Å²) in [6, 6.07) is 6.97. The fourth-order valence-corrected chi connectivity index (χ4v) is 3.68. The van der Waals surface area contributed by atoms with Crippen LogP contribution in [0.25, 0.3) is 0 Å². The molecule has 2 amide bonds. The van der Waals surface area contributed by atoms with E-state index in [1.807, 2.05) is 12.1 Å². The van der Waals surface area contributed by atoms with E-state index in [2.05, 4.69) is 20.9 Å². The Morgan fingerprint density at radius 2 is 2.00 bits per heavy atom. The number of aliphatic imine (C=N–C) groups is 1. The van der Waals surface area contributed by atoms with Crippen molar-refractivity contribution in [2.75, 3.05) is 46.3 Å². The molecule has 1 atom stereocenters. The van der Waals surface area contributed by atoms with E-state index in [4.69, 9.17) is 0 Å². The molecule has 3 rings (SSSR count). The van der Waals surface area contributed by atoms with Crippen molar-refractivity contribution < 1.29 is 22.8 Å². The van der Waals surface area contributed by atoms with Gasteiger partial charge in [0.25, 0.3) is 5.91 Å². The van der Waals surface area contributed by atoms with E-state index in [9.17, 15) is 22.8 Å². The Kier molecular flexibility index (Phi) is 7.37. The number of nitrogens with one attached hydrogen (secondary N) is 3. The van der Waals surface area contributed by atoms with Gasteiger partial charge in [0.15, 0.2) is 5.96 Å². The maximum Gasteiger partial charge on any atom is 0.401 e.